The first-order valence-electron chi connectivity index (χ1n) is 4.59. The third-order valence-electron chi connectivity index (χ3n) is 1.78. The van der Waals surface area contributed by atoms with Crippen LogP contribution in [0.4, 0.5) is 5.69 Å². The fourth-order valence-corrected chi connectivity index (χ4v) is 1.26. The van der Waals surface area contributed by atoms with E-state index in [1.165, 1.54) is 12.5 Å². The van der Waals surface area contributed by atoms with Crippen molar-refractivity contribution in [1.82, 2.24) is 0 Å². The van der Waals surface area contributed by atoms with Crippen LogP contribution in [0.2, 0.25) is 0 Å². The molecule has 0 heterocycles. The molecule has 0 bridgehead atoms. The molecule has 0 atom stereocenters. The summed E-state index contributed by atoms with van der Waals surface area (Å²) in [6.07, 6.45) is 0.889. The molecule has 14 heavy (non-hydrogen) atoms. The van der Waals surface area contributed by atoms with Crippen LogP contribution in [0.15, 0.2) is 36.4 Å². The summed E-state index contributed by atoms with van der Waals surface area (Å²) in [4.78, 5) is 10.8. The van der Waals surface area contributed by atoms with E-state index in [1.807, 2.05) is 31.2 Å². The summed E-state index contributed by atoms with van der Waals surface area (Å²) in [5.74, 6) is -0.0438. The lowest BCUT2D eigenvalue weighted by Crippen LogP contribution is -2.05. The van der Waals surface area contributed by atoms with Gasteiger partial charge in [-0.2, -0.15) is 0 Å². The summed E-state index contributed by atoms with van der Waals surface area (Å²) < 4.78 is 0. The van der Waals surface area contributed by atoms with Gasteiger partial charge in [0.05, 0.1) is 0 Å². The third-order valence-corrected chi connectivity index (χ3v) is 1.78. The minimum Gasteiger partial charge on any atom is -0.326 e. The zero-order chi connectivity index (χ0) is 10.6. The molecule has 1 aromatic carbocycles. The monoisotopic (exact) mass is 189 g/mol. The van der Waals surface area contributed by atoms with Crippen LogP contribution in [0.1, 0.15) is 19.4 Å². The largest absolute Gasteiger partial charge is 0.326 e. The van der Waals surface area contributed by atoms with Gasteiger partial charge < -0.3 is 5.32 Å². The number of rotatable bonds is 3. The molecule has 0 spiro atoms. The summed E-state index contributed by atoms with van der Waals surface area (Å²) in [7, 11) is 0. The van der Waals surface area contributed by atoms with Gasteiger partial charge in [0.25, 0.3) is 0 Å². The maximum Gasteiger partial charge on any atom is 0.221 e. The van der Waals surface area contributed by atoms with Crippen molar-refractivity contribution >= 4 is 11.6 Å². The van der Waals surface area contributed by atoms with Crippen LogP contribution >= 0.6 is 0 Å². The van der Waals surface area contributed by atoms with Crippen LogP contribution in [-0.4, -0.2) is 5.91 Å². The average molecular weight is 189 g/mol. The molecule has 1 aromatic rings. The second kappa shape index (κ2) is 4.61. The molecule has 0 aliphatic rings. The van der Waals surface area contributed by atoms with Crippen LogP contribution in [-0.2, 0) is 11.2 Å². The highest BCUT2D eigenvalue weighted by molar-refractivity contribution is 5.88. The van der Waals surface area contributed by atoms with Crippen molar-refractivity contribution in [3.05, 3.63) is 42.0 Å². The second-order valence-corrected chi connectivity index (χ2v) is 3.51. The molecule has 1 amide bonds. The average Bonchev–Trinajstić information content (AvgIpc) is 2.06. The number of carbonyl (C=O) groups is 1. The van der Waals surface area contributed by atoms with Gasteiger partial charge in [-0.3, -0.25) is 4.79 Å². The normalized spacial score (nSPS) is 9.57. The Labute approximate surface area is 84.6 Å². The highest BCUT2D eigenvalue weighted by Crippen LogP contribution is 2.11. The Morgan fingerprint density at radius 2 is 1.86 bits per heavy atom. The standard InChI is InChI=1S/C12H15NO/c1-9(2)8-11-4-6-12(7-5-11)13-10(3)14/h4-7H,1,8H2,2-3H3,(H,13,14). The zero-order valence-corrected chi connectivity index (χ0v) is 8.63. The van der Waals surface area contributed by atoms with E-state index in [0.717, 1.165) is 17.7 Å². The first kappa shape index (κ1) is 10.5. The molecular formula is C12H15NO. The van der Waals surface area contributed by atoms with E-state index in [0.29, 0.717) is 0 Å². The van der Waals surface area contributed by atoms with Crippen molar-refractivity contribution in [3.8, 4) is 0 Å². The van der Waals surface area contributed by atoms with Crippen LogP contribution in [0, 0.1) is 0 Å². The van der Waals surface area contributed by atoms with Gasteiger partial charge in [0.1, 0.15) is 0 Å². The molecule has 0 aliphatic heterocycles. The van der Waals surface area contributed by atoms with Gasteiger partial charge in [-0.15, -0.1) is 0 Å². The van der Waals surface area contributed by atoms with Crippen molar-refractivity contribution in [2.45, 2.75) is 20.3 Å². The first-order chi connectivity index (χ1) is 6.58. The van der Waals surface area contributed by atoms with Crippen LogP contribution in [0.3, 0.4) is 0 Å². The Hall–Kier alpha value is -1.57. The summed E-state index contributed by atoms with van der Waals surface area (Å²) in [5.41, 5.74) is 3.19. The molecule has 0 unspecified atom stereocenters. The molecule has 0 fully saturated rings. The number of amides is 1. The van der Waals surface area contributed by atoms with Gasteiger partial charge in [-0.05, 0) is 31.0 Å². The first-order valence-corrected chi connectivity index (χ1v) is 4.59. The summed E-state index contributed by atoms with van der Waals surface area (Å²) >= 11 is 0. The minimum absolute atomic E-state index is 0.0438. The lowest BCUT2D eigenvalue weighted by Gasteiger charge is -2.04. The van der Waals surface area contributed by atoms with E-state index in [4.69, 9.17) is 0 Å². The van der Waals surface area contributed by atoms with Gasteiger partial charge >= 0.3 is 0 Å². The predicted octanol–water partition coefficient (Wildman–Crippen LogP) is 2.76. The van der Waals surface area contributed by atoms with E-state index >= 15 is 0 Å². The zero-order valence-electron chi connectivity index (χ0n) is 8.63. The number of carbonyl (C=O) groups excluding carboxylic acids is 1. The predicted molar refractivity (Wildman–Crippen MR) is 59.3 cm³/mol. The van der Waals surface area contributed by atoms with Gasteiger partial charge in [0.2, 0.25) is 5.91 Å². The molecule has 74 valence electrons. The Balaban J connectivity index is 2.68. The van der Waals surface area contributed by atoms with Crippen LogP contribution < -0.4 is 5.32 Å². The van der Waals surface area contributed by atoms with Crippen molar-refractivity contribution in [1.29, 1.82) is 0 Å². The fourth-order valence-electron chi connectivity index (χ4n) is 1.26. The number of hydrogen-bond acceptors (Lipinski definition) is 1. The molecule has 0 aliphatic carbocycles. The van der Waals surface area contributed by atoms with E-state index in [-0.39, 0.29) is 5.91 Å². The summed E-state index contributed by atoms with van der Waals surface area (Å²) in [5, 5.41) is 2.72. The van der Waals surface area contributed by atoms with Crippen molar-refractivity contribution < 1.29 is 4.79 Å². The smallest absolute Gasteiger partial charge is 0.221 e. The molecule has 1 N–H and O–H groups in total. The molecule has 2 nitrogen and oxygen atoms in total. The quantitative estimate of drug-likeness (QED) is 0.728. The van der Waals surface area contributed by atoms with E-state index < -0.39 is 0 Å². The van der Waals surface area contributed by atoms with E-state index in [1.54, 1.807) is 0 Å². The van der Waals surface area contributed by atoms with Gasteiger partial charge in [0.15, 0.2) is 0 Å². The second-order valence-electron chi connectivity index (χ2n) is 3.51. The molecule has 2 heteroatoms. The maximum atomic E-state index is 10.8. The fraction of sp³-hybridized carbons (Fsp3) is 0.250. The van der Waals surface area contributed by atoms with Gasteiger partial charge in [-0.1, -0.05) is 24.3 Å². The maximum absolute atomic E-state index is 10.8. The molecule has 0 saturated heterocycles. The molecule has 1 rings (SSSR count). The van der Waals surface area contributed by atoms with E-state index in [2.05, 4.69) is 11.9 Å². The Morgan fingerprint density at radius 1 is 1.29 bits per heavy atom. The Morgan fingerprint density at radius 3 is 2.29 bits per heavy atom. The molecule has 0 aromatic heterocycles. The summed E-state index contributed by atoms with van der Waals surface area (Å²) in [6.45, 7) is 7.35. The number of benzene rings is 1. The third kappa shape index (κ3) is 3.44. The summed E-state index contributed by atoms with van der Waals surface area (Å²) in [6, 6.07) is 7.80. The highest BCUT2D eigenvalue weighted by Gasteiger charge is 1.96. The lowest BCUT2D eigenvalue weighted by atomic mass is 10.1. The van der Waals surface area contributed by atoms with Crippen LogP contribution in [0.25, 0.3) is 0 Å². The SMILES string of the molecule is C=C(C)Cc1ccc(NC(C)=O)cc1. The molecular weight excluding hydrogens is 174 g/mol. The van der Waals surface area contributed by atoms with Crippen molar-refractivity contribution in [2.24, 2.45) is 0 Å². The topological polar surface area (TPSA) is 29.1 Å². The van der Waals surface area contributed by atoms with E-state index in [9.17, 15) is 4.79 Å². The molecule has 0 radical (unpaired) electrons. The Kier molecular flexibility index (Phi) is 3.46. The van der Waals surface area contributed by atoms with Crippen molar-refractivity contribution in [2.75, 3.05) is 5.32 Å². The number of nitrogens with one attached hydrogen (secondary N) is 1. The van der Waals surface area contributed by atoms with Gasteiger partial charge in [-0.25, -0.2) is 0 Å². The number of anilines is 1. The van der Waals surface area contributed by atoms with Crippen molar-refractivity contribution in [3.63, 3.8) is 0 Å². The Bertz CT molecular complexity index is 303. The number of allylic oxidation sites excluding steroid dienone is 1. The highest BCUT2D eigenvalue weighted by atomic mass is 16.1. The molecule has 0 saturated carbocycles. The number of hydrogen-bond donors (Lipinski definition) is 1. The minimum atomic E-state index is -0.0438. The lowest BCUT2D eigenvalue weighted by molar-refractivity contribution is -0.114. The van der Waals surface area contributed by atoms with Crippen LogP contribution in [0.5, 0.6) is 0 Å². The van der Waals surface area contributed by atoms with Gasteiger partial charge in [0, 0.05) is 12.6 Å².